The standard InChI is InChI=1S/C19H29N3O2/c20-19(21-12-15-2-1-3-15)22-13-16-4-6-17(7-5-16)14-24-18-8-10-23-11-9-18/h4-7,15,18H,1-3,8-14H2,(H3,20,21,22). The maximum absolute atomic E-state index is 5.94. The van der Waals surface area contributed by atoms with Gasteiger partial charge in [-0.3, -0.25) is 0 Å². The predicted octanol–water partition coefficient (Wildman–Crippen LogP) is 2.59. The topological polar surface area (TPSA) is 68.9 Å². The summed E-state index contributed by atoms with van der Waals surface area (Å²) in [5.41, 5.74) is 8.28. The molecule has 3 N–H and O–H groups in total. The van der Waals surface area contributed by atoms with E-state index in [9.17, 15) is 0 Å². The molecule has 1 aliphatic heterocycles. The molecular formula is C19H29N3O2. The zero-order chi connectivity index (χ0) is 16.6. The van der Waals surface area contributed by atoms with Crippen LogP contribution in [0.2, 0.25) is 0 Å². The van der Waals surface area contributed by atoms with Gasteiger partial charge < -0.3 is 20.5 Å². The maximum atomic E-state index is 5.94. The normalized spacial score (nSPS) is 19.9. The molecule has 1 aromatic rings. The number of guanidine groups is 1. The van der Waals surface area contributed by atoms with Crippen molar-refractivity contribution in [3.63, 3.8) is 0 Å². The van der Waals surface area contributed by atoms with Crippen LogP contribution in [0.15, 0.2) is 29.3 Å². The van der Waals surface area contributed by atoms with E-state index in [2.05, 4.69) is 34.6 Å². The first-order chi connectivity index (χ1) is 11.8. The highest BCUT2D eigenvalue weighted by molar-refractivity contribution is 5.77. The average molecular weight is 331 g/mol. The minimum atomic E-state index is 0.338. The van der Waals surface area contributed by atoms with Crippen molar-refractivity contribution in [1.82, 2.24) is 5.32 Å². The minimum Gasteiger partial charge on any atom is -0.381 e. The van der Waals surface area contributed by atoms with E-state index in [1.54, 1.807) is 0 Å². The summed E-state index contributed by atoms with van der Waals surface area (Å²) in [7, 11) is 0. The van der Waals surface area contributed by atoms with E-state index in [0.717, 1.165) is 38.5 Å². The number of rotatable bonds is 7. The van der Waals surface area contributed by atoms with E-state index < -0.39 is 0 Å². The lowest BCUT2D eigenvalue weighted by Gasteiger charge is -2.25. The molecule has 1 saturated carbocycles. The second-order valence-electron chi connectivity index (χ2n) is 6.82. The highest BCUT2D eigenvalue weighted by atomic mass is 16.5. The third-order valence-electron chi connectivity index (χ3n) is 4.91. The largest absolute Gasteiger partial charge is 0.381 e. The molecule has 0 bridgehead atoms. The Bertz CT molecular complexity index is 520. The molecule has 1 aromatic carbocycles. The maximum Gasteiger partial charge on any atom is 0.188 e. The molecule has 0 amide bonds. The lowest BCUT2D eigenvalue weighted by atomic mass is 9.85. The molecular weight excluding hydrogens is 302 g/mol. The van der Waals surface area contributed by atoms with Gasteiger partial charge in [-0.25, -0.2) is 4.99 Å². The first-order valence-corrected chi connectivity index (χ1v) is 9.10. The Kier molecular flexibility index (Phi) is 6.49. The zero-order valence-corrected chi connectivity index (χ0v) is 14.4. The van der Waals surface area contributed by atoms with Gasteiger partial charge in [0.25, 0.3) is 0 Å². The van der Waals surface area contributed by atoms with Crippen molar-refractivity contribution < 1.29 is 9.47 Å². The highest BCUT2D eigenvalue weighted by Crippen LogP contribution is 2.25. The van der Waals surface area contributed by atoms with Crippen molar-refractivity contribution in [1.29, 1.82) is 0 Å². The van der Waals surface area contributed by atoms with Gasteiger partial charge in [0.1, 0.15) is 0 Å². The number of hydrogen-bond donors (Lipinski definition) is 2. The Morgan fingerprint density at radius 1 is 1.12 bits per heavy atom. The molecule has 2 aliphatic rings. The van der Waals surface area contributed by atoms with Crippen molar-refractivity contribution in [2.75, 3.05) is 19.8 Å². The zero-order valence-electron chi connectivity index (χ0n) is 14.4. The van der Waals surface area contributed by atoms with Crippen LogP contribution < -0.4 is 11.1 Å². The van der Waals surface area contributed by atoms with Gasteiger partial charge in [0.15, 0.2) is 5.96 Å². The predicted molar refractivity (Wildman–Crippen MR) is 95.7 cm³/mol. The summed E-state index contributed by atoms with van der Waals surface area (Å²) in [4.78, 5) is 4.41. The summed E-state index contributed by atoms with van der Waals surface area (Å²) in [5.74, 6) is 1.34. The lowest BCUT2D eigenvalue weighted by molar-refractivity contribution is -0.0390. The Hall–Kier alpha value is -1.59. The van der Waals surface area contributed by atoms with E-state index in [4.69, 9.17) is 15.2 Å². The van der Waals surface area contributed by atoms with E-state index >= 15 is 0 Å². The summed E-state index contributed by atoms with van der Waals surface area (Å²) in [5, 5.41) is 3.22. The van der Waals surface area contributed by atoms with Crippen LogP contribution in [0.4, 0.5) is 0 Å². The Morgan fingerprint density at radius 2 is 1.83 bits per heavy atom. The number of ether oxygens (including phenoxy) is 2. The molecule has 3 rings (SSSR count). The molecule has 5 nitrogen and oxygen atoms in total. The van der Waals surface area contributed by atoms with Crippen LogP contribution in [0.1, 0.15) is 43.2 Å². The molecule has 0 aromatic heterocycles. The molecule has 0 spiro atoms. The van der Waals surface area contributed by atoms with Gasteiger partial charge in [0.2, 0.25) is 0 Å². The molecule has 1 aliphatic carbocycles. The summed E-state index contributed by atoms with van der Waals surface area (Å²) in [6, 6.07) is 8.43. The molecule has 1 heterocycles. The van der Waals surface area contributed by atoms with E-state index in [0.29, 0.717) is 25.2 Å². The van der Waals surface area contributed by atoms with E-state index in [1.165, 1.54) is 30.4 Å². The highest BCUT2D eigenvalue weighted by Gasteiger charge is 2.16. The monoisotopic (exact) mass is 331 g/mol. The van der Waals surface area contributed by atoms with E-state index in [1.807, 2.05) is 0 Å². The summed E-state index contributed by atoms with van der Waals surface area (Å²) < 4.78 is 11.3. The van der Waals surface area contributed by atoms with Crippen molar-refractivity contribution in [3.05, 3.63) is 35.4 Å². The van der Waals surface area contributed by atoms with Crippen molar-refractivity contribution in [2.45, 2.75) is 51.4 Å². The fourth-order valence-corrected chi connectivity index (χ4v) is 2.98. The minimum absolute atomic E-state index is 0.338. The van der Waals surface area contributed by atoms with Crippen LogP contribution >= 0.6 is 0 Å². The van der Waals surface area contributed by atoms with Crippen LogP contribution in [0, 0.1) is 5.92 Å². The van der Waals surface area contributed by atoms with Crippen LogP contribution in [0.3, 0.4) is 0 Å². The summed E-state index contributed by atoms with van der Waals surface area (Å²) in [6.45, 7) is 3.87. The molecule has 2 fully saturated rings. The summed E-state index contributed by atoms with van der Waals surface area (Å²) in [6.07, 6.45) is 6.33. The first kappa shape index (κ1) is 17.2. The fraction of sp³-hybridized carbons (Fsp3) is 0.632. The van der Waals surface area contributed by atoms with Gasteiger partial charge in [0, 0.05) is 19.8 Å². The van der Waals surface area contributed by atoms with Crippen molar-refractivity contribution in [3.8, 4) is 0 Å². The molecule has 0 atom stereocenters. The number of aliphatic imine (C=N–C) groups is 1. The van der Waals surface area contributed by atoms with Gasteiger partial charge in [0.05, 0.1) is 19.3 Å². The molecule has 1 saturated heterocycles. The number of nitrogens with one attached hydrogen (secondary N) is 1. The third kappa shape index (κ3) is 5.49. The van der Waals surface area contributed by atoms with Crippen LogP contribution in [0.25, 0.3) is 0 Å². The average Bonchev–Trinajstić information content (AvgIpc) is 2.58. The van der Waals surface area contributed by atoms with Gasteiger partial charge in [-0.2, -0.15) is 0 Å². The SMILES string of the molecule is NC(=NCc1ccc(COC2CCOCC2)cc1)NCC1CCC1. The van der Waals surface area contributed by atoms with Gasteiger partial charge in [-0.15, -0.1) is 0 Å². The number of nitrogens with zero attached hydrogens (tertiary/aromatic N) is 1. The lowest BCUT2D eigenvalue weighted by Crippen LogP contribution is -2.37. The number of nitrogens with two attached hydrogens (primary N) is 1. The third-order valence-corrected chi connectivity index (χ3v) is 4.91. The van der Waals surface area contributed by atoms with Gasteiger partial charge in [-0.1, -0.05) is 30.7 Å². The smallest absolute Gasteiger partial charge is 0.188 e. The fourth-order valence-electron chi connectivity index (χ4n) is 2.98. The molecule has 5 heteroatoms. The molecule has 24 heavy (non-hydrogen) atoms. The summed E-state index contributed by atoms with van der Waals surface area (Å²) >= 11 is 0. The first-order valence-electron chi connectivity index (χ1n) is 9.10. The number of hydrogen-bond acceptors (Lipinski definition) is 3. The second-order valence-corrected chi connectivity index (χ2v) is 6.82. The van der Waals surface area contributed by atoms with Crippen LogP contribution in [-0.4, -0.2) is 31.8 Å². The number of benzene rings is 1. The Morgan fingerprint density at radius 3 is 2.50 bits per heavy atom. The second kappa shape index (κ2) is 9.04. The molecule has 0 unspecified atom stereocenters. The van der Waals surface area contributed by atoms with E-state index in [-0.39, 0.29) is 0 Å². The Balaban J connectivity index is 1.38. The van der Waals surface area contributed by atoms with Gasteiger partial charge in [-0.05, 0) is 42.7 Å². The Labute approximate surface area is 144 Å². The van der Waals surface area contributed by atoms with Crippen molar-refractivity contribution in [2.24, 2.45) is 16.6 Å². The molecule has 132 valence electrons. The quantitative estimate of drug-likeness (QED) is 0.595. The van der Waals surface area contributed by atoms with Crippen LogP contribution in [-0.2, 0) is 22.6 Å². The molecule has 0 radical (unpaired) electrons. The van der Waals surface area contributed by atoms with Gasteiger partial charge >= 0.3 is 0 Å². The van der Waals surface area contributed by atoms with Crippen molar-refractivity contribution >= 4 is 5.96 Å². The van der Waals surface area contributed by atoms with Crippen LogP contribution in [0.5, 0.6) is 0 Å².